The van der Waals surface area contributed by atoms with E-state index in [4.69, 9.17) is 20.3 Å². The second kappa shape index (κ2) is 10.6. The maximum atomic E-state index is 12.3. The zero-order valence-electron chi connectivity index (χ0n) is 18.9. The van der Waals surface area contributed by atoms with E-state index in [9.17, 15) is 14.4 Å². The Bertz CT molecular complexity index is 758. The lowest BCUT2D eigenvalue weighted by Crippen LogP contribution is -2.32. The molecular formula is C23H35NO6. The molecule has 0 aliphatic heterocycles. The normalized spacial score (nSPS) is 12.9. The lowest BCUT2D eigenvalue weighted by Gasteiger charge is -2.18. The van der Waals surface area contributed by atoms with Crippen molar-refractivity contribution in [2.45, 2.75) is 79.7 Å². The number of rotatable bonds is 9. The van der Waals surface area contributed by atoms with Crippen molar-refractivity contribution in [2.24, 2.45) is 16.6 Å². The van der Waals surface area contributed by atoms with Crippen LogP contribution in [0, 0.1) is 10.8 Å². The standard InChI is InChI=1S/C23H35NO6/c1-22(2,3)11-9-19(25)29-17-8-7-15(13-16(24)21(27)28)14-18(17)30-20(26)10-12-23(4,5)6/h7-8,14,16H,9-13,24H2,1-6H3,(H,27,28). The summed E-state index contributed by atoms with van der Waals surface area (Å²) in [7, 11) is 0. The predicted molar refractivity (Wildman–Crippen MR) is 114 cm³/mol. The summed E-state index contributed by atoms with van der Waals surface area (Å²) >= 11 is 0. The molecule has 0 radical (unpaired) electrons. The summed E-state index contributed by atoms with van der Waals surface area (Å²) in [5.41, 5.74) is 6.12. The number of hydrogen-bond acceptors (Lipinski definition) is 6. The van der Waals surface area contributed by atoms with Gasteiger partial charge in [-0.15, -0.1) is 0 Å². The maximum absolute atomic E-state index is 12.3. The van der Waals surface area contributed by atoms with Crippen LogP contribution in [0.25, 0.3) is 0 Å². The van der Waals surface area contributed by atoms with Gasteiger partial charge in [0.15, 0.2) is 11.5 Å². The third kappa shape index (κ3) is 10.4. The Morgan fingerprint density at radius 3 is 1.80 bits per heavy atom. The van der Waals surface area contributed by atoms with E-state index in [1.165, 1.54) is 12.1 Å². The van der Waals surface area contributed by atoms with Crippen molar-refractivity contribution >= 4 is 17.9 Å². The molecule has 0 saturated heterocycles. The lowest BCUT2D eigenvalue weighted by atomic mass is 9.91. The Labute approximate surface area is 178 Å². The molecule has 0 bridgehead atoms. The van der Waals surface area contributed by atoms with Gasteiger partial charge in [0, 0.05) is 12.8 Å². The van der Waals surface area contributed by atoms with Gasteiger partial charge in [-0.3, -0.25) is 14.4 Å². The van der Waals surface area contributed by atoms with Gasteiger partial charge in [0.1, 0.15) is 6.04 Å². The number of ether oxygens (including phenoxy) is 2. The van der Waals surface area contributed by atoms with Crippen molar-refractivity contribution in [3.8, 4) is 11.5 Å². The van der Waals surface area contributed by atoms with Crippen LogP contribution in [-0.2, 0) is 20.8 Å². The van der Waals surface area contributed by atoms with E-state index in [1.54, 1.807) is 6.07 Å². The Morgan fingerprint density at radius 1 is 0.900 bits per heavy atom. The summed E-state index contributed by atoms with van der Waals surface area (Å²) in [6.45, 7) is 12.2. The molecule has 168 valence electrons. The Balaban J connectivity index is 3.00. The smallest absolute Gasteiger partial charge is 0.320 e. The van der Waals surface area contributed by atoms with Crippen molar-refractivity contribution in [3.63, 3.8) is 0 Å². The molecule has 0 spiro atoms. The molecule has 3 N–H and O–H groups in total. The van der Waals surface area contributed by atoms with Gasteiger partial charge in [-0.1, -0.05) is 47.6 Å². The first kappa shape index (κ1) is 25.6. The highest BCUT2D eigenvalue weighted by atomic mass is 16.6. The van der Waals surface area contributed by atoms with E-state index in [0.29, 0.717) is 18.4 Å². The average Bonchev–Trinajstić information content (AvgIpc) is 2.59. The molecule has 0 heterocycles. The first-order valence-electron chi connectivity index (χ1n) is 10.2. The van der Waals surface area contributed by atoms with E-state index >= 15 is 0 Å². The van der Waals surface area contributed by atoms with Crippen LogP contribution in [0.1, 0.15) is 72.8 Å². The fraction of sp³-hybridized carbons (Fsp3) is 0.609. The van der Waals surface area contributed by atoms with Crippen LogP contribution in [0.4, 0.5) is 0 Å². The minimum Gasteiger partial charge on any atom is -0.480 e. The van der Waals surface area contributed by atoms with Gasteiger partial charge in [-0.05, 0) is 47.8 Å². The second-order valence-corrected chi connectivity index (χ2v) is 10.00. The first-order valence-corrected chi connectivity index (χ1v) is 10.2. The lowest BCUT2D eigenvalue weighted by molar-refractivity contribution is -0.138. The Hall–Kier alpha value is -2.41. The van der Waals surface area contributed by atoms with Crippen molar-refractivity contribution in [1.29, 1.82) is 0 Å². The minimum absolute atomic E-state index is 0.0158. The SMILES string of the molecule is CC(C)(C)CCC(=O)Oc1ccc(CC(N)C(=O)O)cc1OC(=O)CCC(C)(C)C. The second-order valence-electron chi connectivity index (χ2n) is 10.00. The number of carbonyl (C=O) groups excluding carboxylic acids is 2. The molecule has 1 atom stereocenters. The zero-order chi connectivity index (χ0) is 23.1. The van der Waals surface area contributed by atoms with Gasteiger partial charge in [-0.25, -0.2) is 0 Å². The van der Waals surface area contributed by atoms with Crippen molar-refractivity contribution in [3.05, 3.63) is 23.8 Å². The quantitative estimate of drug-likeness (QED) is 0.455. The average molecular weight is 422 g/mol. The molecule has 0 aliphatic carbocycles. The minimum atomic E-state index is -1.13. The summed E-state index contributed by atoms with van der Waals surface area (Å²) in [4.78, 5) is 35.6. The van der Waals surface area contributed by atoms with Gasteiger partial charge in [0.25, 0.3) is 0 Å². The largest absolute Gasteiger partial charge is 0.480 e. The number of carboxylic acid groups (broad SMARTS) is 1. The molecule has 30 heavy (non-hydrogen) atoms. The predicted octanol–water partition coefficient (Wildman–Crippen LogP) is 4.10. The van der Waals surface area contributed by atoms with Crippen LogP contribution in [0.5, 0.6) is 11.5 Å². The molecule has 1 rings (SSSR count). The molecule has 1 unspecified atom stereocenters. The molecule has 0 aliphatic rings. The number of benzene rings is 1. The summed E-state index contributed by atoms with van der Waals surface area (Å²) in [5, 5.41) is 9.02. The fourth-order valence-electron chi connectivity index (χ4n) is 2.49. The highest BCUT2D eigenvalue weighted by Gasteiger charge is 2.20. The molecule has 7 heteroatoms. The third-order valence-corrected chi connectivity index (χ3v) is 4.39. The molecule has 1 aromatic rings. The van der Waals surface area contributed by atoms with E-state index in [-0.39, 0.29) is 41.6 Å². The van der Waals surface area contributed by atoms with Crippen molar-refractivity contribution < 1.29 is 29.0 Å². The molecule has 0 saturated carbocycles. The molecule has 0 fully saturated rings. The van der Waals surface area contributed by atoms with Gasteiger partial charge in [-0.2, -0.15) is 0 Å². The van der Waals surface area contributed by atoms with E-state index < -0.39 is 23.9 Å². The highest BCUT2D eigenvalue weighted by molar-refractivity contribution is 5.77. The van der Waals surface area contributed by atoms with Crippen LogP contribution < -0.4 is 15.2 Å². The topological polar surface area (TPSA) is 116 Å². The molecule has 7 nitrogen and oxygen atoms in total. The van der Waals surface area contributed by atoms with Gasteiger partial charge in [0.05, 0.1) is 0 Å². The van der Waals surface area contributed by atoms with Crippen molar-refractivity contribution in [1.82, 2.24) is 0 Å². The summed E-state index contributed by atoms with van der Waals surface area (Å²) in [5.74, 6) is -1.78. The summed E-state index contributed by atoms with van der Waals surface area (Å²) in [6.07, 6.45) is 1.78. The molecular weight excluding hydrogens is 386 g/mol. The summed E-state index contributed by atoms with van der Waals surface area (Å²) in [6, 6.07) is 3.53. The van der Waals surface area contributed by atoms with Crippen molar-refractivity contribution in [2.75, 3.05) is 0 Å². The highest BCUT2D eigenvalue weighted by Crippen LogP contribution is 2.31. The van der Waals surface area contributed by atoms with Crippen LogP contribution in [0.15, 0.2) is 18.2 Å². The van der Waals surface area contributed by atoms with E-state index in [0.717, 1.165) is 0 Å². The number of hydrogen-bond donors (Lipinski definition) is 2. The number of aliphatic carboxylic acids is 1. The van der Waals surface area contributed by atoms with Crippen LogP contribution >= 0.6 is 0 Å². The number of esters is 2. The van der Waals surface area contributed by atoms with E-state index in [1.807, 2.05) is 41.5 Å². The number of nitrogens with two attached hydrogens (primary N) is 1. The molecule has 1 aromatic carbocycles. The molecule has 0 amide bonds. The molecule has 0 aromatic heterocycles. The number of carboxylic acids is 1. The van der Waals surface area contributed by atoms with Crippen LogP contribution in [-0.4, -0.2) is 29.1 Å². The van der Waals surface area contributed by atoms with Crippen LogP contribution in [0.3, 0.4) is 0 Å². The van der Waals surface area contributed by atoms with Gasteiger partial charge in [0.2, 0.25) is 0 Å². The first-order chi connectivity index (χ1) is 13.7. The van der Waals surface area contributed by atoms with Gasteiger partial charge < -0.3 is 20.3 Å². The fourth-order valence-corrected chi connectivity index (χ4v) is 2.49. The maximum Gasteiger partial charge on any atom is 0.320 e. The Kier molecular flexibility index (Phi) is 9.03. The Morgan fingerprint density at radius 2 is 1.37 bits per heavy atom. The third-order valence-electron chi connectivity index (χ3n) is 4.39. The zero-order valence-corrected chi connectivity index (χ0v) is 18.9. The van der Waals surface area contributed by atoms with E-state index in [2.05, 4.69) is 0 Å². The monoisotopic (exact) mass is 421 g/mol. The van der Waals surface area contributed by atoms with Crippen LogP contribution in [0.2, 0.25) is 0 Å². The van der Waals surface area contributed by atoms with Gasteiger partial charge >= 0.3 is 17.9 Å². The number of carbonyl (C=O) groups is 3. The summed E-state index contributed by atoms with van der Waals surface area (Å²) < 4.78 is 10.9.